The van der Waals surface area contributed by atoms with E-state index in [1.54, 1.807) is 7.05 Å². The SMILES string of the molecule is CCCC(CNC)c1nnn(C)n1. The van der Waals surface area contributed by atoms with E-state index in [0.717, 1.165) is 25.2 Å². The fourth-order valence-corrected chi connectivity index (χ4v) is 1.38. The first-order chi connectivity index (χ1) is 6.27. The van der Waals surface area contributed by atoms with E-state index >= 15 is 0 Å². The van der Waals surface area contributed by atoms with Crippen LogP contribution in [0.25, 0.3) is 0 Å². The molecule has 0 amide bonds. The van der Waals surface area contributed by atoms with Crippen LogP contribution in [-0.4, -0.2) is 33.8 Å². The van der Waals surface area contributed by atoms with E-state index < -0.39 is 0 Å². The summed E-state index contributed by atoms with van der Waals surface area (Å²) in [6, 6.07) is 0. The van der Waals surface area contributed by atoms with Crippen LogP contribution in [0.2, 0.25) is 0 Å². The fraction of sp³-hybridized carbons (Fsp3) is 0.875. The van der Waals surface area contributed by atoms with Gasteiger partial charge in [0, 0.05) is 12.5 Å². The number of hydrogen-bond donors (Lipinski definition) is 1. The van der Waals surface area contributed by atoms with E-state index in [0.29, 0.717) is 5.92 Å². The molecule has 5 heteroatoms. The van der Waals surface area contributed by atoms with Gasteiger partial charge < -0.3 is 5.32 Å². The van der Waals surface area contributed by atoms with Crippen molar-refractivity contribution in [1.82, 2.24) is 25.5 Å². The predicted octanol–water partition coefficient (Wildman–Crippen LogP) is 0.313. The van der Waals surface area contributed by atoms with Gasteiger partial charge in [0.25, 0.3) is 0 Å². The Morgan fingerprint density at radius 2 is 2.31 bits per heavy atom. The van der Waals surface area contributed by atoms with E-state index in [9.17, 15) is 0 Å². The third-order valence-electron chi connectivity index (χ3n) is 1.98. The van der Waals surface area contributed by atoms with Crippen LogP contribution in [0.3, 0.4) is 0 Å². The molecule has 0 aliphatic rings. The average Bonchev–Trinajstić information content (AvgIpc) is 2.51. The lowest BCUT2D eigenvalue weighted by molar-refractivity contribution is 0.544. The zero-order valence-corrected chi connectivity index (χ0v) is 8.49. The standard InChI is InChI=1S/C8H17N5/c1-4-5-7(6-9-2)8-10-12-13(3)11-8/h7,9H,4-6H2,1-3H3. The Morgan fingerprint density at radius 1 is 1.54 bits per heavy atom. The summed E-state index contributed by atoms with van der Waals surface area (Å²) in [5, 5.41) is 15.2. The summed E-state index contributed by atoms with van der Waals surface area (Å²) < 4.78 is 0. The lowest BCUT2D eigenvalue weighted by atomic mass is 10.0. The second-order valence-corrected chi connectivity index (χ2v) is 3.18. The molecule has 0 saturated heterocycles. The molecule has 0 aromatic carbocycles. The molecule has 0 saturated carbocycles. The third-order valence-corrected chi connectivity index (χ3v) is 1.98. The first-order valence-corrected chi connectivity index (χ1v) is 4.66. The van der Waals surface area contributed by atoms with Crippen LogP contribution in [0, 0.1) is 0 Å². The Balaban J connectivity index is 2.63. The largest absolute Gasteiger partial charge is 0.319 e. The van der Waals surface area contributed by atoms with Crippen LogP contribution in [0.1, 0.15) is 31.5 Å². The number of likely N-dealkylation sites (N-methyl/N-ethyl adjacent to an activating group) is 1. The van der Waals surface area contributed by atoms with E-state index in [-0.39, 0.29) is 0 Å². The van der Waals surface area contributed by atoms with Crippen molar-refractivity contribution in [3.05, 3.63) is 5.82 Å². The van der Waals surface area contributed by atoms with Crippen LogP contribution in [0.5, 0.6) is 0 Å². The lowest BCUT2D eigenvalue weighted by Crippen LogP contribution is -2.18. The summed E-state index contributed by atoms with van der Waals surface area (Å²) in [6.07, 6.45) is 2.25. The number of aryl methyl sites for hydroxylation is 1. The van der Waals surface area contributed by atoms with Gasteiger partial charge in [0.2, 0.25) is 0 Å². The third kappa shape index (κ3) is 2.77. The Kier molecular flexibility index (Phi) is 3.82. The summed E-state index contributed by atoms with van der Waals surface area (Å²) >= 11 is 0. The maximum Gasteiger partial charge on any atom is 0.179 e. The number of rotatable bonds is 5. The van der Waals surface area contributed by atoms with Crippen molar-refractivity contribution < 1.29 is 0 Å². The van der Waals surface area contributed by atoms with Crippen LogP contribution >= 0.6 is 0 Å². The molecule has 1 N–H and O–H groups in total. The van der Waals surface area contributed by atoms with Gasteiger partial charge in [0.1, 0.15) is 0 Å². The van der Waals surface area contributed by atoms with Crippen LogP contribution in [0.4, 0.5) is 0 Å². The highest BCUT2D eigenvalue weighted by Crippen LogP contribution is 2.15. The van der Waals surface area contributed by atoms with Gasteiger partial charge in [-0.3, -0.25) is 0 Å². The summed E-state index contributed by atoms with van der Waals surface area (Å²) in [7, 11) is 3.73. The molecule has 0 spiro atoms. The smallest absolute Gasteiger partial charge is 0.179 e. The number of tetrazole rings is 1. The van der Waals surface area contributed by atoms with Gasteiger partial charge in [-0.25, -0.2) is 0 Å². The molecule has 0 fully saturated rings. The molecular formula is C8H17N5. The number of hydrogen-bond acceptors (Lipinski definition) is 4. The van der Waals surface area contributed by atoms with Gasteiger partial charge in [-0.2, -0.15) is 4.80 Å². The summed E-state index contributed by atoms with van der Waals surface area (Å²) in [5.41, 5.74) is 0. The Labute approximate surface area is 78.5 Å². The first-order valence-electron chi connectivity index (χ1n) is 4.66. The van der Waals surface area contributed by atoms with Crippen molar-refractivity contribution >= 4 is 0 Å². The van der Waals surface area contributed by atoms with Crippen LogP contribution < -0.4 is 5.32 Å². The van der Waals surface area contributed by atoms with Gasteiger partial charge in [-0.05, 0) is 18.7 Å². The fourth-order valence-electron chi connectivity index (χ4n) is 1.38. The van der Waals surface area contributed by atoms with E-state index in [4.69, 9.17) is 0 Å². The minimum absolute atomic E-state index is 0.392. The van der Waals surface area contributed by atoms with Crippen LogP contribution in [0.15, 0.2) is 0 Å². The Bertz CT molecular complexity index is 238. The second-order valence-electron chi connectivity index (χ2n) is 3.18. The summed E-state index contributed by atoms with van der Waals surface area (Å²) in [5.74, 6) is 1.24. The molecule has 1 rings (SSSR count). The molecule has 74 valence electrons. The van der Waals surface area contributed by atoms with Crippen molar-refractivity contribution in [2.24, 2.45) is 7.05 Å². The molecule has 5 nitrogen and oxygen atoms in total. The average molecular weight is 183 g/mol. The molecule has 0 bridgehead atoms. The van der Waals surface area contributed by atoms with Crippen LogP contribution in [-0.2, 0) is 7.05 Å². The molecule has 0 aliphatic heterocycles. The Hall–Kier alpha value is -0.970. The molecule has 1 atom stereocenters. The number of nitrogens with one attached hydrogen (secondary N) is 1. The monoisotopic (exact) mass is 183 g/mol. The maximum atomic E-state index is 4.20. The van der Waals surface area contributed by atoms with Gasteiger partial charge >= 0.3 is 0 Å². The van der Waals surface area contributed by atoms with Crippen molar-refractivity contribution in [1.29, 1.82) is 0 Å². The maximum absolute atomic E-state index is 4.20. The normalized spacial score (nSPS) is 13.2. The Morgan fingerprint density at radius 3 is 2.77 bits per heavy atom. The zero-order valence-electron chi connectivity index (χ0n) is 8.49. The summed E-state index contributed by atoms with van der Waals surface area (Å²) in [4.78, 5) is 1.51. The van der Waals surface area contributed by atoms with Gasteiger partial charge in [0.05, 0.1) is 7.05 Å². The molecule has 0 radical (unpaired) electrons. The quantitative estimate of drug-likeness (QED) is 0.714. The van der Waals surface area contributed by atoms with Gasteiger partial charge in [-0.1, -0.05) is 13.3 Å². The zero-order chi connectivity index (χ0) is 9.68. The van der Waals surface area contributed by atoms with Crippen molar-refractivity contribution in [3.8, 4) is 0 Å². The van der Waals surface area contributed by atoms with Crippen molar-refractivity contribution in [2.45, 2.75) is 25.7 Å². The highest BCUT2D eigenvalue weighted by molar-refractivity contribution is 4.91. The molecule has 1 unspecified atom stereocenters. The molecule has 1 aromatic heterocycles. The minimum atomic E-state index is 0.392. The molecule has 13 heavy (non-hydrogen) atoms. The van der Waals surface area contributed by atoms with E-state index in [1.807, 2.05) is 7.05 Å². The van der Waals surface area contributed by atoms with Gasteiger partial charge in [-0.15, -0.1) is 10.2 Å². The van der Waals surface area contributed by atoms with E-state index in [1.165, 1.54) is 4.80 Å². The highest BCUT2D eigenvalue weighted by atomic mass is 15.6. The number of nitrogens with zero attached hydrogens (tertiary/aromatic N) is 4. The number of aromatic nitrogens is 4. The topological polar surface area (TPSA) is 55.6 Å². The van der Waals surface area contributed by atoms with Gasteiger partial charge in [0.15, 0.2) is 5.82 Å². The summed E-state index contributed by atoms with van der Waals surface area (Å²) in [6.45, 7) is 3.08. The molecule has 1 aromatic rings. The second kappa shape index (κ2) is 4.91. The molecular weight excluding hydrogens is 166 g/mol. The molecule has 1 heterocycles. The predicted molar refractivity (Wildman–Crippen MR) is 50.4 cm³/mol. The lowest BCUT2D eigenvalue weighted by Gasteiger charge is -2.10. The minimum Gasteiger partial charge on any atom is -0.319 e. The van der Waals surface area contributed by atoms with E-state index in [2.05, 4.69) is 27.7 Å². The van der Waals surface area contributed by atoms with Crippen molar-refractivity contribution in [2.75, 3.05) is 13.6 Å². The highest BCUT2D eigenvalue weighted by Gasteiger charge is 2.14. The first kappa shape index (κ1) is 10.1. The van der Waals surface area contributed by atoms with Crippen molar-refractivity contribution in [3.63, 3.8) is 0 Å². The molecule has 0 aliphatic carbocycles.